The Morgan fingerprint density at radius 1 is 1.53 bits per heavy atom. The van der Waals surface area contributed by atoms with Crippen LogP contribution >= 0.6 is 0 Å². The summed E-state index contributed by atoms with van der Waals surface area (Å²) in [5.74, 6) is 1.29. The number of fused-ring (bicyclic) bond motifs is 2. The molecule has 0 radical (unpaired) electrons. The van der Waals surface area contributed by atoms with Gasteiger partial charge in [-0.3, -0.25) is 0 Å². The molecule has 5 atom stereocenters. The van der Waals surface area contributed by atoms with Crippen molar-refractivity contribution in [2.24, 2.45) is 23.2 Å². The summed E-state index contributed by atoms with van der Waals surface area (Å²) in [6, 6.07) is 0. The van der Waals surface area contributed by atoms with E-state index in [-0.39, 0.29) is 18.1 Å². The maximum Gasteiger partial charge on any atom is 0.0823 e. The Hall–Kier alpha value is -0.600. The molecule has 1 aliphatic heterocycles. The molecule has 0 saturated carbocycles. The predicted molar refractivity (Wildman–Crippen MR) is 69.6 cm³/mol. The molecule has 1 saturated heterocycles. The van der Waals surface area contributed by atoms with Crippen molar-refractivity contribution in [3.05, 3.63) is 23.8 Å². The third-order valence-electron chi connectivity index (χ3n) is 4.97. The van der Waals surface area contributed by atoms with E-state index in [0.29, 0.717) is 24.4 Å². The molecule has 96 valence electrons. The molecule has 1 aliphatic carbocycles. The molecule has 2 nitrogen and oxygen atoms in total. The second-order valence-electron chi connectivity index (χ2n) is 5.71. The number of hydrogen-bond acceptors (Lipinski definition) is 2. The first-order valence-electron chi connectivity index (χ1n) is 6.60. The zero-order chi connectivity index (χ0) is 12.6. The van der Waals surface area contributed by atoms with Gasteiger partial charge in [-0.1, -0.05) is 37.6 Å². The lowest BCUT2D eigenvalue weighted by Gasteiger charge is -2.54. The molecule has 2 rings (SSSR count). The molecule has 1 fully saturated rings. The van der Waals surface area contributed by atoms with E-state index in [1.54, 1.807) is 0 Å². The summed E-state index contributed by atoms with van der Waals surface area (Å²) >= 11 is 0. The Morgan fingerprint density at radius 2 is 2.24 bits per heavy atom. The van der Waals surface area contributed by atoms with Gasteiger partial charge in [0, 0.05) is 11.3 Å². The quantitative estimate of drug-likeness (QED) is 0.747. The molecule has 2 aliphatic rings. The fraction of sp³-hybridized carbons (Fsp3) is 0.733. The minimum atomic E-state index is -0.0811. The van der Waals surface area contributed by atoms with Crippen molar-refractivity contribution >= 4 is 0 Å². The van der Waals surface area contributed by atoms with E-state index in [9.17, 15) is 5.11 Å². The summed E-state index contributed by atoms with van der Waals surface area (Å²) in [5.41, 5.74) is 1.33. The van der Waals surface area contributed by atoms with Gasteiger partial charge in [-0.15, -0.1) is 0 Å². The van der Waals surface area contributed by atoms with Crippen LogP contribution < -0.4 is 0 Å². The van der Waals surface area contributed by atoms with Crippen molar-refractivity contribution in [1.82, 2.24) is 0 Å². The van der Waals surface area contributed by atoms with Gasteiger partial charge in [0.1, 0.15) is 0 Å². The average molecular weight is 236 g/mol. The highest BCUT2D eigenvalue weighted by Gasteiger charge is 2.52. The zero-order valence-corrected chi connectivity index (χ0v) is 11.3. The predicted octanol–water partition coefficient (Wildman–Crippen LogP) is 2.79. The molecule has 17 heavy (non-hydrogen) atoms. The maximum atomic E-state index is 9.81. The standard InChI is InChI=1S/C15H24O2/c1-5-6-13-14-10(2)7-11(3)15(8-16,9-17-13)12(14)4/h5-7,11-14,16H,8-9H2,1-4H3/b6-5+/t11-,12+,13+,14-,15+/m1/s1. The van der Waals surface area contributed by atoms with Crippen molar-refractivity contribution in [1.29, 1.82) is 0 Å². The third-order valence-corrected chi connectivity index (χ3v) is 4.97. The van der Waals surface area contributed by atoms with Crippen molar-refractivity contribution in [3.63, 3.8) is 0 Å². The number of aliphatic hydroxyl groups excluding tert-OH is 1. The molecule has 0 unspecified atom stereocenters. The Labute approximate surface area is 104 Å². The molecule has 0 aromatic carbocycles. The smallest absolute Gasteiger partial charge is 0.0823 e. The van der Waals surface area contributed by atoms with Crippen LogP contribution in [0.25, 0.3) is 0 Å². The van der Waals surface area contributed by atoms with Crippen LogP contribution in [-0.2, 0) is 4.74 Å². The van der Waals surface area contributed by atoms with Gasteiger partial charge in [0.25, 0.3) is 0 Å². The van der Waals surface area contributed by atoms with Crippen LogP contribution in [0.4, 0.5) is 0 Å². The van der Waals surface area contributed by atoms with E-state index in [4.69, 9.17) is 4.74 Å². The highest BCUT2D eigenvalue weighted by molar-refractivity contribution is 5.22. The SMILES string of the molecule is C/C=C/[C@@H]1OC[C@@]2(CO)[C@H](C)C=C(C)[C@@H]1[C@@H]2C. The summed E-state index contributed by atoms with van der Waals surface area (Å²) in [6.45, 7) is 9.59. The molecule has 0 aromatic rings. The Bertz CT molecular complexity index is 345. The lowest BCUT2D eigenvalue weighted by Crippen LogP contribution is -2.55. The van der Waals surface area contributed by atoms with Crippen molar-refractivity contribution < 1.29 is 9.84 Å². The fourth-order valence-electron chi connectivity index (χ4n) is 3.70. The van der Waals surface area contributed by atoms with Crippen LogP contribution in [0.15, 0.2) is 23.8 Å². The number of aliphatic hydroxyl groups is 1. The van der Waals surface area contributed by atoms with E-state index in [1.165, 1.54) is 5.57 Å². The van der Waals surface area contributed by atoms with Gasteiger partial charge in [0.2, 0.25) is 0 Å². The molecule has 2 bridgehead atoms. The maximum absolute atomic E-state index is 9.81. The minimum Gasteiger partial charge on any atom is -0.396 e. The summed E-state index contributed by atoms with van der Waals surface area (Å²) in [7, 11) is 0. The van der Waals surface area contributed by atoms with Crippen LogP contribution in [0.5, 0.6) is 0 Å². The second kappa shape index (κ2) is 4.58. The molecular weight excluding hydrogens is 212 g/mol. The largest absolute Gasteiger partial charge is 0.396 e. The molecule has 0 amide bonds. The van der Waals surface area contributed by atoms with Crippen LogP contribution in [0.1, 0.15) is 27.7 Å². The van der Waals surface area contributed by atoms with Gasteiger partial charge >= 0.3 is 0 Å². The summed E-state index contributed by atoms with van der Waals surface area (Å²) in [6.07, 6.45) is 6.73. The topological polar surface area (TPSA) is 29.5 Å². The summed E-state index contributed by atoms with van der Waals surface area (Å²) < 4.78 is 6.00. The number of rotatable bonds is 2. The van der Waals surface area contributed by atoms with Gasteiger partial charge in [-0.2, -0.15) is 0 Å². The van der Waals surface area contributed by atoms with E-state index in [2.05, 4.69) is 39.0 Å². The van der Waals surface area contributed by atoms with Crippen LogP contribution in [0, 0.1) is 23.2 Å². The Morgan fingerprint density at radius 3 is 2.82 bits per heavy atom. The first kappa shape index (κ1) is 12.8. The van der Waals surface area contributed by atoms with E-state index in [1.807, 2.05) is 6.92 Å². The minimum absolute atomic E-state index is 0.0811. The Balaban J connectivity index is 2.40. The van der Waals surface area contributed by atoms with Crippen molar-refractivity contribution in [2.75, 3.05) is 13.2 Å². The van der Waals surface area contributed by atoms with E-state index >= 15 is 0 Å². The normalized spacial score (nSPS) is 46.1. The molecular formula is C15H24O2. The van der Waals surface area contributed by atoms with Crippen LogP contribution in [0.2, 0.25) is 0 Å². The molecule has 0 aromatic heterocycles. The van der Waals surface area contributed by atoms with Crippen molar-refractivity contribution in [2.45, 2.75) is 33.8 Å². The van der Waals surface area contributed by atoms with Gasteiger partial charge in [0.15, 0.2) is 0 Å². The van der Waals surface area contributed by atoms with Crippen molar-refractivity contribution in [3.8, 4) is 0 Å². The first-order valence-corrected chi connectivity index (χ1v) is 6.60. The van der Waals surface area contributed by atoms with Gasteiger partial charge in [-0.25, -0.2) is 0 Å². The first-order chi connectivity index (χ1) is 8.06. The second-order valence-corrected chi connectivity index (χ2v) is 5.71. The number of ether oxygens (including phenoxy) is 1. The molecule has 1 N–H and O–H groups in total. The van der Waals surface area contributed by atoms with E-state index in [0.717, 1.165) is 0 Å². The Kier molecular flexibility index (Phi) is 3.46. The van der Waals surface area contributed by atoms with E-state index < -0.39 is 0 Å². The summed E-state index contributed by atoms with van der Waals surface area (Å²) in [5, 5.41) is 9.81. The monoisotopic (exact) mass is 236 g/mol. The highest BCUT2D eigenvalue weighted by Crippen LogP contribution is 2.52. The third kappa shape index (κ3) is 1.78. The zero-order valence-electron chi connectivity index (χ0n) is 11.3. The molecule has 2 heteroatoms. The highest BCUT2D eigenvalue weighted by atomic mass is 16.5. The lowest BCUT2D eigenvalue weighted by molar-refractivity contribution is -0.148. The van der Waals surface area contributed by atoms with Gasteiger partial charge in [0.05, 0.1) is 19.3 Å². The fourth-order valence-corrected chi connectivity index (χ4v) is 3.70. The van der Waals surface area contributed by atoms with Crippen LogP contribution in [0.3, 0.4) is 0 Å². The number of hydrogen-bond donors (Lipinski definition) is 1. The average Bonchev–Trinajstić information content (AvgIpc) is 2.28. The van der Waals surface area contributed by atoms with Gasteiger partial charge in [-0.05, 0) is 25.7 Å². The number of allylic oxidation sites excluding steroid dienone is 2. The van der Waals surface area contributed by atoms with Gasteiger partial charge < -0.3 is 9.84 Å². The molecule has 1 heterocycles. The molecule has 0 spiro atoms. The lowest BCUT2D eigenvalue weighted by atomic mass is 9.56. The summed E-state index contributed by atoms with van der Waals surface area (Å²) in [4.78, 5) is 0. The van der Waals surface area contributed by atoms with Crippen LogP contribution in [-0.4, -0.2) is 24.4 Å².